The average molecular weight is 567 g/mol. The van der Waals surface area contributed by atoms with Crippen molar-refractivity contribution in [3.05, 3.63) is 95.6 Å². The van der Waals surface area contributed by atoms with Gasteiger partial charge >= 0.3 is 5.97 Å². The lowest BCUT2D eigenvalue weighted by Gasteiger charge is -2.29. The summed E-state index contributed by atoms with van der Waals surface area (Å²) in [4.78, 5) is 39.5. The van der Waals surface area contributed by atoms with Gasteiger partial charge in [-0.25, -0.2) is 0 Å². The first-order chi connectivity index (χ1) is 18.2. The van der Waals surface area contributed by atoms with Crippen LogP contribution in [0.4, 0.5) is 0 Å². The van der Waals surface area contributed by atoms with Crippen molar-refractivity contribution in [3.8, 4) is 11.1 Å². The van der Waals surface area contributed by atoms with Crippen molar-refractivity contribution in [3.63, 3.8) is 0 Å². The maximum absolute atomic E-state index is 13.4. The number of nitrogens with two attached hydrogens (primary N) is 2. The minimum Gasteiger partial charge on any atom is -0.481 e. The Bertz CT molecular complexity index is 1330. The summed E-state index contributed by atoms with van der Waals surface area (Å²) in [6, 6.07) is 22.7. The number of nitrogens with zero attached hydrogens (tertiary/aromatic N) is 1. The first kappa shape index (κ1) is 32.2. The van der Waals surface area contributed by atoms with E-state index in [1.54, 1.807) is 23.1 Å². The van der Waals surface area contributed by atoms with E-state index in [0.29, 0.717) is 24.1 Å². The second-order valence-corrected chi connectivity index (χ2v) is 9.68. The van der Waals surface area contributed by atoms with Crippen molar-refractivity contribution in [1.82, 2.24) is 4.90 Å². The third kappa shape index (κ3) is 7.53. The minimum atomic E-state index is -1.04. The Balaban J connectivity index is 0.00000280. The number of benzene rings is 3. The molecule has 4 rings (SSSR count). The van der Waals surface area contributed by atoms with Crippen molar-refractivity contribution < 1.29 is 25.0 Å². The summed E-state index contributed by atoms with van der Waals surface area (Å²) < 4.78 is 0. The highest BCUT2D eigenvalue weighted by molar-refractivity contribution is 6.02. The lowest BCUT2D eigenvalue weighted by molar-refractivity contribution is -0.142. The Morgan fingerprint density at radius 1 is 0.975 bits per heavy atom. The normalized spacial score (nSPS) is 16.9. The van der Waals surface area contributed by atoms with Gasteiger partial charge in [0.1, 0.15) is 5.84 Å². The van der Waals surface area contributed by atoms with Crippen molar-refractivity contribution >= 4 is 35.9 Å². The van der Waals surface area contributed by atoms with Crippen LogP contribution in [0.25, 0.3) is 11.1 Å². The molecule has 3 aromatic rings. The zero-order chi connectivity index (χ0) is 27.2. The third-order valence-corrected chi connectivity index (χ3v) is 7.08. The molecule has 0 radical (unpaired) electrons. The van der Waals surface area contributed by atoms with Crippen LogP contribution in [0.2, 0.25) is 0 Å². The van der Waals surface area contributed by atoms with Crippen molar-refractivity contribution in [2.45, 2.75) is 37.8 Å². The first-order valence-electron chi connectivity index (χ1n) is 12.7. The lowest BCUT2D eigenvalue weighted by Crippen LogP contribution is -2.50. The number of hydrogen-bond donors (Lipinski definition) is 4. The molecule has 0 aromatic heterocycles. The number of nitrogens with one attached hydrogen (secondary N) is 1. The topological polar surface area (TPSA) is 182 Å². The average Bonchev–Trinajstić information content (AvgIpc) is 3.22. The quantitative estimate of drug-likeness (QED) is 0.157. The van der Waals surface area contributed by atoms with E-state index in [1.807, 2.05) is 60.7 Å². The van der Waals surface area contributed by atoms with Crippen LogP contribution in [0.15, 0.2) is 78.9 Å². The molecule has 1 amide bonds. The van der Waals surface area contributed by atoms with Crippen molar-refractivity contribution in [1.29, 1.82) is 5.41 Å². The van der Waals surface area contributed by atoms with Crippen molar-refractivity contribution in [2.24, 2.45) is 17.4 Å². The molecule has 1 aliphatic heterocycles. The predicted octanol–water partition coefficient (Wildman–Crippen LogP) is 3.07. The Morgan fingerprint density at radius 3 is 2.27 bits per heavy atom. The summed E-state index contributed by atoms with van der Waals surface area (Å²) >= 11 is 0. The fourth-order valence-corrected chi connectivity index (χ4v) is 5.07. The lowest BCUT2D eigenvalue weighted by atomic mass is 9.92. The number of carbonyl (C=O) groups excluding carboxylic acids is 2. The van der Waals surface area contributed by atoms with Crippen LogP contribution in [-0.4, -0.2) is 57.6 Å². The number of nitrogen functional groups attached to an aromatic ring is 1. The van der Waals surface area contributed by atoms with E-state index < -0.39 is 24.0 Å². The number of rotatable bonds is 11. The number of halogens is 1. The predicted molar refractivity (Wildman–Crippen MR) is 157 cm³/mol. The molecule has 3 atom stereocenters. The molecule has 1 fully saturated rings. The summed E-state index contributed by atoms with van der Waals surface area (Å²) in [6.07, 6.45) is 1.40. The van der Waals surface area contributed by atoms with Gasteiger partial charge in [-0.05, 0) is 42.0 Å². The Labute approximate surface area is 239 Å². The summed E-state index contributed by atoms with van der Waals surface area (Å²) in [5.74, 6) is -2.31. The molecule has 1 unspecified atom stereocenters. The number of amides is 1. The number of ketones is 1. The number of carboxylic acid groups (broad SMARTS) is 1. The van der Waals surface area contributed by atoms with Crippen LogP contribution in [-0.2, 0) is 16.0 Å². The fourth-order valence-electron chi connectivity index (χ4n) is 5.07. The van der Waals surface area contributed by atoms with E-state index in [1.165, 1.54) is 0 Å². The third-order valence-electron chi connectivity index (χ3n) is 7.08. The summed E-state index contributed by atoms with van der Waals surface area (Å²) in [5, 5.41) is 16.9. The van der Waals surface area contributed by atoms with Gasteiger partial charge in [-0.1, -0.05) is 72.8 Å². The molecule has 40 heavy (non-hydrogen) atoms. The van der Waals surface area contributed by atoms with Gasteiger partial charge in [-0.15, -0.1) is 12.4 Å². The van der Waals surface area contributed by atoms with Crippen LogP contribution < -0.4 is 11.5 Å². The number of Topliss-reactive ketones (excluding diaryl/α,β-unsaturated/α-hetero) is 1. The number of carbonyl (C=O) groups is 3. The highest BCUT2D eigenvalue weighted by Gasteiger charge is 2.44. The maximum atomic E-state index is 13.4. The fraction of sp³-hybridized carbons (Fsp3) is 0.267. The summed E-state index contributed by atoms with van der Waals surface area (Å²) in [6.45, 7) is 0.404. The zero-order valence-corrected chi connectivity index (χ0v) is 22.8. The Morgan fingerprint density at radius 2 is 1.65 bits per heavy atom. The van der Waals surface area contributed by atoms with E-state index in [-0.39, 0.29) is 48.3 Å². The molecular weight excluding hydrogens is 532 g/mol. The van der Waals surface area contributed by atoms with Gasteiger partial charge in [-0.3, -0.25) is 19.8 Å². The van der Waals surface area contributed by atoms with Crippen LogP contribution in [0.1, 0.15) is 40.7 Å². The molecule has 0 aliphatic carbocycles. The molecule has 8 N–H and O–H groups in total. The number of aryl methyl sites for hydroxylation is 1. The van der Waals surface area contributed by atoms with E-state index in [0.717, 1.165) is 23.1 Å². The van der Waals surface area contributed by atoms with E-state index >= 15 is 0 Å². The smallest absolute Gasteiger partial charge is 0.304 e. The largest absolute Gasteiger partial charge is 0.481 e. The molecule has 0 saturated carbocycles. The van der Waals surface area contributed by atoms with Crippen molar-refractivity contribution in [2.75, 3.05) is 6.54 Å². The van der Waals surface area contributed by atoms with E-state index in [2.05, 4.69) is 0 Å². The number of likely N-dealkylation sites (tertiary alicyclic amines) is 1. The molecule has 10 heteroatoms. The molecule has 3 aromatic carbocycles. The molecule has 1 saturated heterocycles. The zero-order valence-electron chi connectivity index (χ0n) is 22.0. The molecule has 1 heterocycles. The van der Waals surface area contributed by atoms with E-state index in [9.17, 15) is 19.5 Å². The number of amidine groups is 1. The van der Waals surface area contributed by atoms with Crippen LogP contribution >= 0.6 is 12.4 Å². The van der Waals surface area contributed by atoms with Crippen LogP contribution in [0.3, 0.4) is 0 Å². The van der Waals surface area contributed by atoms with Gasteiger partial charge in [0, 0.05) is 17.7 Å². The second-order valence-electron chi connectivity index (χ2n) is 9.68. The van der Waals surface area contributed by atoms with Crippen LogP contribution in [0.5, 0.6) is 0 Å². The molecular formula is C30H35ClN4O5. The van der Waals surface area contributed by atoms with Gasteiger partial charge in [0.05, 0.1) is 24.4 Å². The molecule has 1 aliphatic rings. The summed E-state index contributed by atoms with van der Waals surface area (Å²) in [5.41, 5.74) is 16.0. The van der Waals surface area contributed by atoms with Gasteiger partial charge in [0.15, 0.2) is 5.78 Å². The molecule has 212 valence electrons. The molecule has 0 spiro atoms. The summed E-state index contributed by atoms with van der Waals surface area (Å²) in [7, 11) is 0. The second kappa shape index (κ2) is 14.4. The number of aliphatic carboxylic acids is 1. The van der Waals surface area contributed by atoms with Gasteiger partial charge in [0.2, 0.25) is 5.91 Å². The van der Waals surface area contributed by atoms with Crippen LogP contribution in [0, 0.1) is 11.3 Å². The molecule has 9 nitrogen and oxygen atoms in total. The molecule has 0 bridgehead atoms. The number of carboxylic acids is 1. The minimum absolute atomic E-state index is 0. The van der Waals surface area contributed by atoms with Gasteiger partial charge < -0.3 is 26.9 Å². The number of hydrogen-bond acceptors (Lipinski definition) is 5. The first-order valence-corrected chi connectivity index (χ1v) is 12.7. The maximum Gasteiger partial charge on any atom is 0.304 e. The monoisotopic (exact) mass is 566 g/mol. The SMILES string of the molecule is Cl.N=C(N)c1cccc(-c2ccc(C(=O)C(N)[C@@H]3C[C@@H](CC(=O)O)C(=O)N3CCCc3ccccc3)cc2)c1.O. The highest BCUT2D eigenvalue weighted by atomic mass is 35.5. The Kier molecular flexibility index (Phi) is 11.6. The van der Waals surface area contributed by atoms with E-state index in [4.69, 9.17) is 16.9 Å². The van der Waals surface area contributed by atoms with Gasteiger partial charge in [0.25, 0.3) is 0 Å². The highest BCUT2D eigenvalue weighted by Crippen LogP contribution is 2.31. The van der Waals surface area contributed by atoms with Gasteiger partial charge in [-0.2, -0.15) is 0 Å². The standard InChI is InChI=1S/C30H32N4O4.ClH.H2O/c31-27(28(37)21-13-11-20(12-14-21)22-9-4-10-23(16-22)29(32)33)25-17-24(18-26(35)36)30(38)34(25)15-5-8-19-6-2-1-3-7-19;;/h1-4,6-7,9-14,16,24-25,27H,5,8,15,17-18,31H2,(H3,32,33)(H,35,36);1H;1H2/t24-,25-,27?;;/m0../s1. The Hall–Kier alpha value is -4.05.